The summed E-state index contributed by atoms with van der Waals surface area (Å²) in [5.41, 5.74) is 0. The fraction of sp³-hybridized carbons (Fsp3) is 0.476. The Morgan fingerprint density at radius 1 is 0.939 bits per heavy atom. The molecule has 0 aliphatic rings. The number of alkyl halides is 1. The second kappa shape index (κ2) is 25.3. The van der Waals surface area contributed by atoms with Crippen molar-refractivity contribution in [2.24, 2.45) is 0 Å². The number of aliphatic hydroxyl groups is 1. The second-order valence-electron chi connectivity index (χ2n) is 5.26. The number of nitrogens with zero attached hydrogens (tertiary/aromatic N) is 5. The highest BCUT2D eigenvalue weighted by Crippen LogP contribution is 1.88. The van der Waals surface area contributed by atoms with Crippen molar-refractivity contribution in [2.45, 2.75) is 41.8 Å². The summed E-state index contributed by atoms with van der Waals surface area (Å²) in [6.07, 6.45) is 15.2. The van der Waals surface area contributed by atoms with Crippen LogP contribution in [-0.2, 0) is 32.2 Å². The number of ether oxygens (including phenoxy) is 2. The number of hydrogen-bond acceptors (Lipinski definition) is 8. The summed E-state index contributed by atoms with van der Waals surface area (Å²) < 4.78 is 12.7. The molecule has 3 heterocycles. The monoisotopic (exact) mass is 532 g/mol. The average molecular weight is 533 g/mol. The van der Waals surface area contributed by atoms with E-state index in [9.17, 15) is 9.59 Å². The van der Waals surface area contributed by atoms with Crippen molar-refractivity contribution in [2.75, 3.05) is 25.2 Å². The molecule has 0 amide bonds. The number of aliphatic hydroxyl groups excluding tert-OH is 1. The highest BCUT2D eigenvalue weighted by molar-refractivity contribution is 9.09. The molecule has 0 atom stereocenters. The summed E-state index contributed by atoms with van der Waals surface area (Å²) in [6.45, 7) is 5.51. The van der Waals surface area contributed by atoms with Gasteiger partial charge >= 0.3 is 11.9 Å². The number of hydrogen-bond donors (Lipinski definition) is 2. The van der Waals surface area contributed by atoms with Crippen LogP contribution in [-0.4, -0.2) is 71.3 Å². The van der Waals surface area contributed by atoms with Gasteiger partial charge in [0.05, 0.1) is 38.8 Å². The van der Waals surface area contributed by atoms with E-state index in [1.54, 1.807) is 68.4 Å². The van der Waals surface area contributed by atoms with Gasteiger partial charge in [0.2, 0.25) is 0 Å². The van der Waals surface area contributed by atoms with Crippen molar-refractivity contribution in [3.8, 4) is 0 Å². The van der Waals surface area contributed by atoms with Crippen molar-refractivity contribution >= 4 is 27.9 Å². The van der Waals surface area contributed by atoms with Crippen LogP contribution >= 0.6 is 15.9 Å². The van der Waals surface area contributed by atoms with Gasteiger partial charge in [-0.15, -0.1) is 0 Å². The summed E-state index contributed by atoms with van der Waals surface area (Å²) in [5.74, 6) is -0.437. The molecule has 0 aliphatic heterocycles. The number of carbonyl (C=O) groups is 2. The molecule has 3 aromatic heterocycles. The topological polar surface area (TPSA) is 137 Å². The SMILES string of the molecule is C.C.CCOC(=O)CBr.CCOC(=O)Cn1ccnc1.OCCn1ccnc1.c1c[nH]cn1. The van der Waals surface area contributed by atoms with Gasteiger partial charge in [-0.2, -0.15) is 0 Å². The number of nitrogens with one attached hydrogen (secondary N) is 1. The molecule has 3 aromatic rings. The number of aromatic amines is 1. The molecule has 0 saturated carbocycles. The van der Waals surface area contributed by atoms with E-state index in [4.69, 9.17) is 9.84 Å². The zero-order chi connectivity index (χ0) is 23.2. The minimum absolute atomic E-state index is 0. The first-order valence-electron chi connectivity index (χ1n) is 9.39. The fourth-order valence-corrected chi connectivity index (χ4v) is 1.85. The number of H-pyrrole nitrogens is 1. The number of imidazole rings is 3. The molecule has 0 unspecified atom stereocenters. The lowest BCUT2D eigenvalue weighted by Crippen LogP contribution is -2.11. The normalized spacial score (nSPS) is 8.48. The minimum atomic E-state index is -0.231. The maximum Gasteiger partial charge on any atom is 0.325 e. The largest absolute Gasteiger partial charge is 0.465 e. The van der Waals surface area contributed by atoms with E-state index in [0.717, 1.165) is 0 Å². The Balaban J connectivity index is -0.000000369. The molecule has 0 radical (unpaired) electrons. The zero-order valence-corrected chi connectivity index (χ0v) is 19.2. The Labute approximate surface area is 204 Å². The summed E-state index contributed by atoms with van der Waals surface area (Å²) in [6, 6.07) is 0. The van der Waals surface area contributed by atoms with Crippen LogP contribution in [0.4, 0.5) is 0 Å². The lowest BCUT2D eigenvalue weighted by molar-refractivity contribution is -0.144. The van der Waals surface area contributed by atoms with Gasteiger partial charge in [0.1, 0.15) is 11.9 Å². The fourth-order valence-electron chi connectivity index (χ4n) is 1.69. The van der Waals surface area contributed by atoms with Crippen LogP contribution in [0.3, 0.4) is 0 Å². The molecule has 188 valence electrons. The first-order chi connectivity index (χ1) is 15.1. The minimum Gasteiger partial charge on any atom is -0.465 e. The van der Waals surface area contributed by atoms with Crippen molar-refractivity contribution in [1.29, 1.82) is 0 Å². The van der Waals surface area contributed by atoms with Gasteiger partial charge < -0.3 is 28.7 Å². The number of aromatic nitrogens is 6. The molecule has 0 aromatic carbocycles. The van der Waals surface area contributed by atoms with E-state index in [-0.39, 0.29) is 39.9 Å². The molecule has 2 N–H and O–H groups in total. The number of carbonyl (C=O) groups excluding carboxylic acids is 2. The van der Waals surface area contributed by atoms with Crippen LogP contribution in [0.2, 0.25) is 0 Å². The molecule has 0 fully saturated rings. The summed E-state index contributed by atoms with van der Waals surface area (Å²) >= 11 is 2.94. The van der Waals surface area contributed by atoms with Gasteiger partial charge in [-0.3, -0.25) is 9.59 Å². The molecule has 3 rings (SSSR count). The summed E-state index contributed by atoms with van der Waals surface area (Å²) in [4.78, 5) is 35.0. The van der Waals surface area contributed by atoms with Crippen LogP contribution in [0.15, 0.2) is 56.2 Å². The quantitative estimate of drug-likeness (QED) is 0.349. The molecule has 12 heteroatoms. The molecular weight excluding hydrogens is 496 g/mol. The predicted octanol–water partition coefficient (Wildman–Crippen LogP) is 2.95. The second-order valence-corrected chi connectivity index (χ2v) is 5.82. The van der Waals surface area contributed by atoms with Crippen LogP contribution < -0.4 is 0 Å². The third-order valence-corrected chi connectivity index (χ3v) is 3.37. The summed E-state index contributed by atoms with van der Waals surface area (Å²) in [7, 11) is 0. The molecule has 0 spiro atoms. The Hall–Kier alpha value is -2.99. The van der Waals surface area contributed by atoms with Gasteiger partial charge in [-0.05, 0) is 13.8 Å². The molecule has 11 nitrogen and oxygen atoms in total. The number of esters is 2. The Morgan fingerprint density at radius 3 is 1.85 bits per heavy atom. The Kier molecular flexibility index (Phi) is 26.5. The first-order valence-corrected chi connectivity index (χ1v) is 10.5. The maximum absolute atomic E-state index is 10.8. The van der Waals surface area contributed by atoms with Crippen molar-refractivity contribution in [3.05, 3.63) is 56.2 Å². The first kappa shape index (κ1) is 34.6. The van der Waals surface area contributed by atoms with E-state index >= 15 is 0 Å². The van der Waals surface area contributed by atoms with Crippen molar-refractivity contribution in [1.82, 2.24) is 29.1 Å². The van der Waals surface area contributed by atoms with E-state index in [2.05, 4.69) is 40.6 Å². The van der Waals surface area contributed by atoms with Gasteiger partial charge in [-0.25, -0.2) is 15.0 Å². The van der Waals surface area contributed by atoms with Crippen LogP contribution in [0.1, 0.15) is 28.7 Å². The smallest absolute Gasteiger partial charge is 0.325 e. The third-order valence-electron chi connectivity index (χ3n) is 2.91. The van der Waals surface area contributed by atoms with Crippen LogP contribution in [0.25, 0.3) is 0 Å². The Morgan fingerprint density at radius 2 is 1.52 bits per heavy atom. The number of halogens is 1. The molecular formula is C21H37BrN6O5. The van der Waals surface area contributed by atoms with Gasteiger partial charge in [0.25, 0.3) is 0 Å². The van der Waals surface area contributed by atoms with E-state index in [1.165, 1.54) is 0 Å². The van der Waals surface area contributed by atoms with Gasteiger partial charge in [-0.1, -0.05) is 30.8 Å². The maximum atomic E-state index is 10.8. The van der Waals surface area contributed by atoms with Gasteiger partial charge in [0.15, 0.2) is 0 Å². The lowest BCUT2D eigenvalue weighted by Gasteiger charge is -2.00. The highest BCUT2D eigenvalue weighted by atomic mass is 79.9. The predicted molar refractivity (Wildman–Crippen MR) is 131 cm³/mol. The van der Waals surface area contributed by atoms with Crippen molar-refractivity contribution < 1.29 is 24.2 Å². The Bertz CT molecular complexity index is 735. The number of rotatable bonds is 7. The zero-order valence-electron chi connectivity index (χ0n) is 17.6. The van der Waals surface area contributed by atoms with Crippen LogP contribution in [0, 0.1) is 0 Å². The van der Waals surface area contributed by atoms with E-state index < -0.39 is 0 Å². The van der Waals surface area contributed by atoms with Crippen LogP contribution in [0.5, 0.6) is 0 Å². The molecule has 0 aliphatic carbocycles. The van der Waals surface area contributed by atoms with Crippen molar-refractivity contribution in [3.63, 3.8) is 0 Å². The molecule has 0 bridgehead atoms. The van der Waals surface area contributed by atoms with E-state index in [1.807, 2.05) is 10.8 Å². The average Bonchev–Trinajstić information content (AvgIpc) is 3.54. The van der Waals surface area contributed by atoms with E-state index in [0.29, 0.717) is 25.1 Å². The third kappa shape index (κ3) is 22.0. The lowest BCUT2D eigenvalue weighted by atomic mass is 10.6. The summed E-state index contributed by atoms with van der Waals surface area (Å²) in [5, 5.41) is 8.68. The highest BCUT2D eigenvalue weighted by Gasteiger charge is 2.00. The standard InChI is InChI=1S/C7H10N2O2.C5H8N2O.C4H7BrO2.C3H4N2.2CH4/c1-2-11-7(10)5-9-4-3-8-6-9;8-4-3-7-2-1-6-5-7;1-2-7-4(6)3-5;1-2-5-3-4-1;;/h3-4,6H,2,5H2,1H3;1-2,5,8H,3-4H2;2-3H2,1H3;1-3H,(H,4,5);2*1H4. The molecule has 0 saturated heterocycles. The van der Waals surface area contributed by atoms with Gasteiger partial charge in [0, 0.05) is 43.7 Å². The molecule has 33 heavy (non-hydrogen) atoms.